The van der Waals surface area contributed by atoms with Gasteiger partial charge in [-0.3, -0.25) is 0 Å². The first-order chi connectivity index (χ1) is 10.2. The molecular weight excluding hydrogens is 373 g/mol. The van der Waals surface area contributed by atoms with Gasteiger partial charge in [0.05, 0.1) is 0 Å². The van der Waals surface area contributed by atoms with Gasteiger partial charge in [0.1, 0.15) is 0 Å². The molecule has 0 atom stereocenters. The molecule has 0 aliphatic heterocycles. The van der Waals surface area contributed by atoms with Crippen molar-refractivity contribution in [2.75, 3.05) is 0 Å². The predicted molar refractivity (Wildman–Crippen MR) is 86.6 cm³/mol. The van der Waals surface area contributed by atoms with E-state index < -0.39 is 18.9 Å². The van der Waals surface area contributed by atoms with Gasteiger partial charge in [-0.15, -0.1) is 0 Å². The van der Waals surface area contributed by atoms with Gasteiger partial charge < -0.3 is 0 Å². The average Bonchev–Trinajstić information content (AvgIpc) is 2.56. The van der Waals surface area contributed by atoms with E-state index in [2.05, 4.69) is 0 Å². The Morgan fingerprint density at radius 3 is 1.57 bits per heavy atom. The fraction of sp³-hybridized carbons (Fsp3) is 0.667. The molecular formula is C18H26F2Sn. The summed E-state index contributed by atoms with van der Waals surface area (Å²) in [7, 11) is 0. The summed E-state index contributed by atoms with van der Waals surface area (Å²) in [5.74, 6) is -0.236. The van der Waals surface area contributed by atoms with Gasteiger partial charge in [-0.1, -0.05) is 0 Å². The minimum absolute atomic E-state index is 0.236. The zero-order valence-electron chi connectivity index (χ0n) is 12.8. The van der Waals surface area contributed by atoms with Crippen molar-refractivity contribution in [1.29, 1.82) is 0 Å². The van der Waals surface area contributed by atoms with E-state index >= 15 is 2.87 Å². The normalized spacial score (nSPS) is 22.4. The monoisotopic (exact) mass is 400 g/mol. The molecule has 2 aliphatic carbocycles. The molecule has 0 spiro atoms. The van der Waals surface area contributed by atoms with Crippen molar-refractivity contribution < 1.29 is 7.26 Å². The molecule has 0 N–H and O–H groups in total. The van der Waals surface area contributed by atoms with E-state index in [1.54, 1.807) is 12.1 Å². The first kappa shape index (κ1) is 15.8. The molecule has 2 saturated carbocycles. The van der Waals surface area contributed by atoms with Gasteiger partial charge in [0.15, 0.2) is 0 Å². The first-order valence-corrected chi connectivity index (χ1v) is 14.5. The van der Waals surface area contributed by atoms with E-state index in [1.807, 2.05) is 0 Å². The summed E-state index contributed by atoms with van der Waals surface area (Å²) >= 11 is -3.92. The van der Waals surface area contributed by atoms with Crippen molar-refractivity contribution in [3.05, 3.63) is 30.1 Å². The summed E-state index contributed by atoms with van der Waals surface area (Å²) in [4.78, 5) is 0. The molecule has 1 aromatic rings. The van der Waals surface area contributed by atoms with Crippen molar-refractivity contribution in [1.82, 2.24) is 0 Å². The van der Waals surface area contributed by atoms with Crippen LogP contribution in [-0.4, -0.2) is 18.9 Å². The zero-order valence-corrected chi connectivity index (χ0v) is 15.6. The number of benzene rings is 1. The van der Waals surface area contributed by atoms with Gasteiger partial charge >= 0.3 is 132 Å². The van der Waals surface area contributed by atoms with Crippen molar-refractivity contribution >= 4 is 22.5 Å². The van der Waals surface area contributed by atoms with E-state index in [0.29, 0.717) is 7.87 Å². The van der Waals surface area contributed by atoms with Crippen LogP contribution in [0.1, 0.15) is 64.2 Å². The van der Waals surface area contributed by atoms with Crippen molar-refractivity contribution in [2.24, 2.45) is 0 Å². The minimum atomic E-state index is -3.92. The standard InChI is InChI=1S/C6H4F.2C6H11.FH.Sn/c7-6-4-2-1-3-5-6;2*1-2-4-6-5-3-1;;/h2-5H;2*1H,2-6H2;1H;/q;;;;+1/p-1. The molecule has 0 aromatic heterocycles. The summed E-state index contributed by atoms with van der Waals surface area (Å²) in [6.45, 7) is 0. The summed E-state index contributed by atoms with van der Waals surface area (Å²) in [5, 5.41) is 0. The van der Waals surface area contributed by atoms with Gasteiger partial charge in [-0.05, 0) is 0 Å². The summed E-state index contributed by atoms with van der Waals surface area (Å²) in [6.07, 6.45) is 11.7. The van der Waals surface area contributed by atoms with Crippen molar-refractivity contribution in [2.45, 2.75) is 72.1 Å². The van der Waals surface area contributed by atoms with E-state index in [9.17, 15) is 4.39 Å². The molecule has 2 fully saturated rings. The van der Waals surface area contributed by atoms with Crippen LogP contribution in [0.25, 0.3) is 0 Å². The van der Waals surface area contributed by atoms with Crippen LogP contribution in [0.5, 0.6) is 0 Å². The Kier molecular flexibility index (Phi) is 5.23. The molecule has 1 aromatic carbocycles. The van der Waals surface area contributed by atoms with Gasteiger partial charge in [0.25, 0.3) is 0 Å². The van der Waals surface area contributed by atoms with Crippen LogP contribution in [0.15, 0.2) is 24.3 Å². The third-order valence-electron chi connectivity index (χ3n) is 5.69. The quantitative estimate of drug-likeness (QED) is 0.580. The number of halogens is 2. The summed E-state index contributed by atoms with van der Waals surface area (Å²) in [5.41, 5.74) is 0. The Bertz CT molecular complexity index is 427. The van der Waals surface area contributed by atoms with Gasteiger partial charge in [0.2, 0.25) is 0 Å². The topological polar surface area (TPSA) is 0 Å². The van der Waals surface area contributed by atoms with Gasteiger partial charge in [-0.2, -0.15) is 0 Å². The van der Waals surface area contributed by atoms with Crippen LogP contribution in [-0.2, 0) is 0 Å². The van der Waals surface area contributed by atoms with Gasteiger partial charge in [-0.25, -0.2) is 0 Å². The van der Waals surface area contributed by atoms with E-state index in [-0.39, 0.29) is 5.82 Å². The van der Waals surface area contributed by atoms with Crippen molar-refractivity contribution in [3.8, 4) is 0 Å². The molecule has 0 bridgehead atoms. The average molecular weight is 399 g/mol. The molecule has 3 rings (SSSR count). The Morgan fingerprint density at radius 2 is 1.14 bits per heavy atom. The Balaban J connectivity index is 1.93. The fourth-order valence-electron chi connectivity index (χ4n) is 4.56. The van der Waals surface area contributed by atoms with E-state index in [1.165, 1.54) is 50.7 Å². The third kappa shape index (κ3) is 3.30. The molecule has 0 saturated heterocycles. The van der Waals surface area contributed by atoms with Gasteiger partial charge in [0, 0.05) is 0 Å². The van der Waals surface area contributed by atoms with Crippen molar-refractivity contribution in [3.63, 3.8) is 0 Å². The molecule has 0 amide bonds. The molecule has 0 radical (unpaired) electrons. The zero-order chi connectivity index (χ0) is 14.7. The summed E-state index contributed by atoms with van der Waals surface area (Å²) in [6, 6.07) is 6.53. The number of rotatable bonds is 3. The Morgan fingerprint density at radius 1 is 0.714 bits per heavy atom. The number of hydrogen-bond donors (Lipinski definition) is 0. The van der Waals surface area contributed by atoms with Crippen LogP contribution < -0.4 is 3.58 Å². The fourth-order valence-corrected chi connectivity index (χ4v) is 18.2. The first-order valence-electron chi connectivity index (χ1n) is 8.66. The Hall–Kier alpha value is -0.121. The van der Waals surface area contributed by atoms with Crippen LogP contribution >= 0.6 is 0 Å². The molecule has 3 heteroatoms. The van der Waals surface area contributed by atoms with Crippen LogP contribution in [0.4, 0.5) is 7.26 Å². The molecule has 0 unspecified atom stereocenters. The molecule has 0 heterocycles. The molecule has 116 valence electrons. The SMILES string of the molecule is Fc1cc[c]([Sn]([F])([CH]2CCCCC2)[CH]2CCCCC2)cc1. The van der Waals surface area contributed by atoms with Crippen LogP contribution in [0, 0.1) is 5.82 Å². The molecule has 2 aliphatic rings. The molecule has 0 nitrogen and oxygen atoms in total. The third-order valence-corrected chi connectivity index (χ3v) is 19.2. The maximum atomic E-state index is 16.5. The van der Waals surface area contributed by atoms with Crippen LogP contribution in [0.2, 0.25) is 7.87 Å². The number of hydrogen-bond acceptors (Lipinski definition) is 0. The summed E-state index contributed by atoms with van der Waals surface area (Å²) < 4.78 is 31.4. The maximum absolute atomic E-state index is 16.5. The Labute approximate surface area is 132 Å². The second-order valence-electron chi connectivity index (χ2n) is 6.94. The second kappa shape index (κ2) is 6.97. The van der Waals surface area contributed by atoms with Crippen LogP contribution in [0.3, 0.4) is 0 Å². The second-order valence-corrected chi connectivity index (χ2v) is 17.6. The van der Waals surface area contributed by atoms with E-state index in [0.717, 1.165) is 29.3 Å². The predicted octanol–water partition coefficient (Wildman–Crippen LogP) is 5.62. The van der Waals surface area contributed by atoms with E-state index in [4.69, 9.17) is 0 Å². The molecule has 21 heavy (non-hydrogen) atoms.